The van der Waals surface area contributed by atoms with Gasteiger partial charge >= 0.3 is 103 Å². The van der Waals surface area contributed by atoms with Gasteiger partial charge in [-0.25, -0.2) is 0 Å². The molecule has 1 heteroatoms. The van der Waals surface area contributed by atoms with E-state index < -0.39 is 0 Å². The molecule has 0 radical (unpaired) electrons. The normalized spacial score (nSPS) is 10.5. The van der Waals surface area contributed by atoms with Gasteiger partial charge in [-0.05, 0) is 0 Å². The molecule has 0 fully saturated rings. The molecule has 0 aromatic rings. The number of allylic oxidation sites excluding steroid dienone is 1. The van der Waals surface area contributed by atoms with Crippen molar-refractivity contribution in [3.63, 3.8) is 0 Å². The summed E-state index contributed by atoms with van der Waals surface area (Å²) in [5.74, 6) is 0. The zero-order valence-electron chi connectivity index (χ0n) is 10.5. The van der Waals surface area contributed by atoms with Crippen LogP contribution in [0.15, 0.2) is 12.7 Å². The van der Waals surface area contributed by atoms with Crippen LogP contribution < -0.4 is 0 Å². The van der Waals surface area contributed by atoms with Crippen LogP contribution in [0.5, 0.6) is 0 Å². The average molecular weight is 275 g/mol. The number of rotatable bonds is 12. The van der Waals surface area contributed by atoms with Crippen molar-refractivity contribution in [2.24, 2.45) is 0 Å². The number of unbranched alkanes of at least 4 members (excludes halogenated alkanes) is 8. The van der Waals surface area contributed by atoms with Crippen LogP contribution in [-0.2, 0) is 0 Å². The van der Waals surface area contributed by atoms with E-state index in [0.29, 0.717) is 0 Å². The number of hydrogen-bond donors (Lipinski definition) is 0. The first kappa shape index (κ1) is 15.3. The monoisotopic (exact) mass is 276 g/mol. The summed E-state index contributed by atoms with van der Waals surface area (Å²) in [5.41, 5.74) is 0. The van der Waals surface area contributed by atoms with E-state index in [1.54, 1.807) is 0 Å². The summed E-state index contributed by atoms with van der Waals surface area (Å²) >= 11 is 0.850. The second-order valence-electron chi connectivity index (χ2n) is 4.19. The summed E-state index contributed by atoms with van der Waals surface area (Å²) < 4.78 is 0. The summed E-state index contributed by atoms with van der Waals surface area (Å²) in [6.07, 6.45) is 15.1. The third-order valence-electron chi connectivity index (χ3n) is 2.63. The minimum absolute atomic E-state index is 0.850. The van der Waals surface area contributed by atoms with Crippen LogP contribution in [0.25, 0.3) is 0 Å². The Morgan fingerprint density at radius 3 is 1.93 bits per heavy atom. The van der Waals surface area contributed by atoms with E-state index in [9.17, 15) is 0 Å². The van der Waals surface area contributed by atoms with Crippen LogP contribution in [0, 0.1) is 0 Å². The molecule has 0 aromatic heterocycles. The van der Waals surface area contributed by atoms with Gasteiger partial charge in [-0.2, -0.15) is 0 Å². The zero-order valence-corrected chi connectivity index (χ0v) is 12.2. The van der Waals surface area contributed by atoms with Gasteiger partial charge in [-0.15, -0.1) is 0 Å². The van der Waals surface area contributed by atoms with Crippen molar-refractivity contribution in [2.75, 3.05) is 0 Å². The zero-order chi connectivity index (χ0) is 11.2. The van der Waals surface area contributed by atoms with E-state index in [1.165, 1.54) is 68.4 Å². The second kappa shape index (κ2) is 14.3. The van der Waals surface area contributed by atoms with Crippen molar-refractivity contribution in [1.82, 2.24) is 0 Å². The molecule has 15 heavy (non-hydrogen) atoms. The molecular weight excluding hydrogens is 247 g/mol. The Bertz CT molecular complexity index is 121. The van der Waals surface area contributed by atoms with Crippen molar-refractivity contribution >= 4 is 15.0 Å². The van der Waals surface area contributed by atoms with Gasteiger partial charge in [0, 0.05) is 0 Å². The van der Waals surface area contributed by atoms with Gasteiger partial charge in [0.1, 0.15) is 0 Å². The van der Waals surface area contributed by atoms with Crippen LogP contribution in [0.2, 0.25) is 10.6 Å². The Morgan fingerprint density at radius 1 is 0.867 bits per heavy atom. The molecule has 0 saturated heterocycles. The minimum atomic E-state index is 0.850. The molecule has 0 bridgehead atoms. The van der Waals surface area contributed by atoms with Crippen LogP contribution >= 0.6 is 0 Å². The van der Waals surface area contributed by atoms with Crippen molar-refractivity contribution in [3.05, 3.63) is 12.7 Å². The fourth-order valence-electron chi connectivity index (χ4n) is 1.68. The standard InChI is InChI=1S/C14H28Se/c1-3-5-6-7-8-9-10-11-12-14-15-13-4-2/h4H,2-3,5-14H2,1H3. The third kappa shape index (κ3) is 14.3. The molecule has 0 nitrogen and oxygen atoms in total. The van der Waals surface area contributed by atoms with Gasteiger partial charge in [0.05, 0.1) is 0 Å². The quantitative estimate of drug-likeness (QED) is 0.259. The molecule has 0 rings (SSSR count). The Labute approximate surface area is 103 Å². The van der Waals surface area contributed by atoms with Gasteiger partial charge in [-0.1, -0.05) is 0 Å². The molecule has 0 N–H and O–H groups in total. The van der Waals surface area contributed by atoms with E-state index in [1.807, 2.05) is 0 Å². The van der Waals surface area contributed by atoms with E-state index >= 15 is 0 Å². The van der Waals surface area contributed by atoms with Crippen molar-refractivity contribution in [1.29, 1.82) is 0 Å². The summed E-state index contributed by atoms with van der Waals surface area (Å²) in [6.45, 7) is 6.04. The Hall–Kier alpha value is 0.259. The van der Waals surface area contributed by atoms with Crippen molar-refractivity contribution in [2.45, 2.75) is 75.3 Å². The molecule has 0 heterocycles. The van der Waals surface area contributed by atoms with E-state index in [0.717, 1.165) is 15.0 Å². The summed E-state index contributed by atoms with van der Waals surface area (Å²) in [7, 11) is 0. The van der Waals surface area contributed by atoms with E-state index in [-0.39, 0.29) is 0 Å². The average Bonchev–Trinajstić information content (AvgIpc) is 2.26. The molecule has 0 aliphatic carbocycles. The van der Waals surface area contributed by atoms with Gasteiger partial charge in [0.25, 0.3) is 0 Å². The molecule has 90 valence electrons. The Balaban J connectivity index is 2.83. The molecule has 0 saturated carbocycles. The van der Waals surface area contributed by atoms with Gasteiger partial charge in [0.2, 0.25) is 0 Å². The molecule has 0 amide bonds. The predicted molar refractivity (Wildman–Crippen MR) is 72.8 cm³/mol. The molecule has 0 aliphatic heterocycles. The first-order chi connectivity index (χ1) is 7.41. The number of hydrogen-bond acceptors (Lipinski definition) is 0. The first-order valence-electron chi connectivity index (χ1n) is 6.60. The van der Waals surface area contributed by atoms with Crippen LogP contribution in [0.4, 0.5) is 0 Å². The summed E-state index contributed by atoms with van der Waals surface area (Å²) in [6, 6.07) is 0. The fourth-order valence-corrected chi connectivity index (χ4v) is 3.24. The van der Waals surface area contributed by atoms with Gasteiger partial charge in [-0.3, -0.25) is 0 Å². The second-order valence-corrected chi connectivity index (χ2v) is 6.60. The molecule has 0 aliphatic rings. The summed E-state index contributed by atoms with van der Waals surface area (Å²) in [4.78, 5) is 0. The maximum absolute atomic E-state index is 3.76. The topological polar surface area (TPSA) is 0 Å². The SMILES string of the molecule is C=CC[Se]CCCCCCCCCCC. The fraction of sp³-hybridized carbons (Fsp3) is 0.857. The molecule has 0 unspecified atom stereocenters. The summed E-state index contributed by atoms with van der Waals surface area (Å²) in [5, 5.41) is 2.73. The van der Waals surface area contributed by atoms with Gasteiger partial charge in [0.15, 0.2) is 0 Å². The molecular formula is C14H28Se. The maximum atomic E-state index is 3.76. The third-order valence-corrected chi connectivity index (χ3v) is 4.83. The Kier molecular flexibility index (Phi) is 14.5. The van der Waals surface area contributed by atoms with Gasteiger partial charge < -0.3 is 0 Å². The van der Waals surface area contributed by atoms with E-state index in [2.05, 4.69) is 19.6 Å². The van der Waals surface area contributed by atoms with E-state index in [4.69, 9.17) is 0 Å². The van der Waals surface area contributed by atoms with Crippen molar-refractivity contribution in [3.8, 4) is 0 Å². The Morgan fingerprint density at radius 2 is 1.40 bits per heavy atom. The van der Waals surface area contributed by atoms with Crippen LogP contribution in [-0.4, -0.2) is 15.0 Å². The van der Waals surface area contributed by atoms with Crippen LogP contribution in [0.3, 0.4) is 0 Å². The van der Waals surface area contributed by atoms with Crippen LogP contribution in [0.1, 0.15) is 64.7 Å². The predicted octanol–water partition coefficient (Wildman–Crippen LogP) is 5.24. The molecule has 0 aromatic carbocycles. The molecule has 0 atom stereocenters. The molecule has 0 spiro atoms. The first-order valence-corrected chi connectivity index (χ1v) is 9.02. The van der Waals surface area contributed by atoms with Crippen molar-refractivity contribution < 1.29 is 0 Å².